The predicted octanol–water partition coefficient (Wildman–Crippen LogP) is 1.99. The van der Waals surface area contributed by atoms with Crippen LogP contribution >= 0.6 is 12.6 Å². The zero-order valence-corrected chi connectivity index (χ0v) is 5.13. The fourth-order valence-electron chi connectivity index (χ4n) is 0.329. The van der Waals surface area contributed by atoms with E-state index in [0.29, 0.717) is 0 Å². The highest BCUT2D eigenvalue weighted by molar-refractivity contribution is 7.80. The summed E-state index contributed by atoms with van der Waals surface area (Å²) in [5, 5.41) is 0. The van der Waals surface area contributed by atoms with Crippen LogP contribution in [-0.2, 0) is 0 Å². The first kappa shape index (κ1) is 6.91. The van der Waals surface area contributed by atoms with Crippen molar-refractivity contribution in [2.45, 2.75) is 19.3 Å². The lowest BCUT2D eigenvalue weighted by Crippen LogP contribution is -1.72. The molecule has 0 saturated carbocycles. The van der Waals surface area contributed by atoms with Crippen LogP contribution < -0.4 is 0 Å². The second-order valence-electron chi connectivity index (χ2n) is 1.37. The average molecular weight is 113 g/mol. The molecule has 0 rings (SSSR count). The Kier molecular flexibility index (Phi) is 5.83. The van der Waals surface area contributed by atoms with Gasteiger partial charge >= 0.3 is 0 Å². The lowest BCUT2D eigenvalue weighted by Gasteiger charge is -1.85. The number of hydrogen-bond acceptors (Lipinski definition) is 0. The van der Waals surface area contributed by atoms with Gasteiger partial charge in [-0.2, -0.15) is 0 Å². The van der Waals surface area contributed by atoms with Crippen molar-refractivity contribution in [2.24, 2.45) is 0 Å². The SMILES string of the molecule is C#CCCCC[S]. The van der Waals surface area contributed by atoms with Crippen LogP contribution in [0.1, 0.15) is 19.3 Å². The lowest BCUT2D eigenvalue weighted by atomic mass is 10.3. The normalized spacial score (nSPS) is 8.00. The number of rotatable bonds is 3. The fourth-order valence-corrected chi connectivity index (χ4v) is 0.533. The Morgan fingerprint density at radius 2 is 2.14 bits per heavy atom. The van der Waals surface area contributed by atoms with Gasteiger partial charge in [0.15, 0.2) is 0 Å². The van der Waals surface area contributed by atoms with Crippen molar-refractivity contribution in [1.29, 1.82) is 0 Å². The highest BCUT2D eigenvalue weighted by Crippen LogP contribution is 1.93. The Bertz CT molecular complexity index is 61.1. The maximum absolute atomic E-state index is 4.99. The molecule has 0 nitrogen and oxygen atoms in total. The molecule has 0 saturated heterocycles. The molecule has 0 bridgehead atoms. The third-order valence-corrected chi connectivity index (χ3v) is 1.00. The number of unbranched alkanes of at least 4 members (excludes halogenated alkanes) is 2. The molecule has 0 aromatic rings. The van der Waals surface area contributed by atoms with Crippen molar-refractivity contribution in [3.8, 4) is 12.3 Å². The van der Waals surface area contributed by atoms with Crippen molar-refractivity contribution in [3.05, 3.63) is 0 Å². The molecular weight excluding hydrogens is 104 g/mol. The first-order valence-corrected chi connectivity index (χ1v) is 3.01. The van der Waals surface area contributed by atoms with Crippen molar-refractivity contribution in [1.82, 2.24) is 0 Å². The molecule has 0 amide bonds. The van der Waals surface area contributed by atoms with E-state index in [0.717, 1.165) is 25.0 Å². The predicted molar refractivity (Wildman–Crippen MR) is 35.1 cm³/mol. The molecule has 0 unspecified atom stereocenters. The van der Waals surface area contributed by atoms with Crippen LogP contribution in [0.4, 0.5) is 0 Å². The Labute approximate surface area is 50.7 Å². The molecule has 0 aliphatic heterocycles. The Hall–Kier alpha value is -0.0900. The Balaban J connectivity index is 2.60. The molecule has 0 heterocycles. The van der Waals surface area contributed by atoms with Crippen LogP contribution in [0.25, 0.3) is 0 Å². The van der Waals surface area contributed by atoms with Crippen molar-refractivity contribution < 1.29 is 0 Å². The molecule has 0 aromatic heterocycles. The summed E-state index contributed by atoms with van der Waals surface area (Å²) < 4.78 is 0. The summed E-state index contributed by atoms with van der Waals surface area (Å²) in [5.74, 6) is 3.41. The van der Waals surface area contributed by atoms with E-state index in [1.165, 1.54) is 0 Å². The van der Waals surface area contributed by atoms with Gasteiger partial charge in [-0.1, -0.05) is 12.6 Å². The van der Waals surface area contributed by atoms with Gasteiger partial charge in [0.05, 0.1) is 0 Å². The van der Waals surface area contributed by atoms with E-state index in [2.05, 4.69) is 5.92 Å². The van der Waals surface area contributed by atoms with E-state index in [1.807, 2.05) is 0 Å². The third kappa shape index (κ3) is 5.91. The Morgan fingerprint density at radius 3 is 2.57 bits per heavy atom. The molecule has 0 aromatic carbocycles. The summed E-state index contributed by atoms with van der Waals surface area (Å²) in [6.07, 6.45) is 8.06. The van der Waals surface area contributed by atoms with Gasteiger partial charge in [-0.3, -0.25) is 0 Å². The highest BCUT2D eigenvalue weighted by atomic mass is 32.1. The van der Waals surface area contributed by atoms with E-state index in [1.54, 1.807) is 0 Å². The van der Waals surface area contributed by atoms with E-state index < -0.39 is 0 Å². The summed E-state index contributed by atoms with van der Waals surface area (Å²) >= 11 is 4.70. The van der Waals surface area contributed by atoms with Gasteiger partial charge < -0.3 is 0 Å². The lowest BCUT2D eigenvalue weighted by molar-refractivity contribution is 0.839. The van der Waals surface area contributed by atoms with Gasteiger partial charge in [-0.15, -0.1) is 12.3 Å². The van der Waals surface area contributed by atoms with Crippen LogP contribution in [0, 0.1) is 12.3 Å². The summed E-state index contributed by atoms with van der Waals surface area (Å²) in [5.41, 5.74) is 0. The zero-order valence-electron chi connectivity index (χ0n) is 4.31. The van der Waals surface area contributed by atoms with Crippen molar-refractivity contribution in [2.75, 3.05) is 5.75 Å². The first-order valence-electron chi connectivity index (χ1n) is 2.43. The largest absolute Gasteiger partial charge is 0.120 e. The topological polar surface area (TPSA) is 0 Å². The number of hydrogen-bond donors (Lipinski definition) is 0. The van der Waals surface area contributed by atoms with Crippen molar-refractivity contribution in [3.63, 3.8) is 0 Å². The van der Waals surface area contributed by atoms with Crippen LogP contribution in [0.15, 0.2) is 0 Å². The van der Waals surface area contributed by atoms with Gasteiger partial charge in [0, 0.05) is 12.2 Å². The minimum atomic E-state index is 0.849. The minimum Gasteiger partial charge on any atom is -0.120 e. The highest BCUT2D eigenvalue weighted by Gasteiger charge is 1.78. The van der Waals surface area contributed by atoms with E-state index in [9.17, 15) is 0 Å². The van der Waals surface area contributed by atoms with E-state index >= 15 is 0 Å². The second kappa shape index (κ2) is 5.91. The van der Waals surface area contributed by atoms with Gasteiger partial charge in [0.1, 0.15) is 0 Å². The molecule has 0 aliphatic rings. The molecule has 39 valence electrons. The first-order chi connectivity index (χ1) is 3.41. The van der Waals surface area contributed by atoms with E-state index in [4.69, 9.17) is 19.1 Å². The maximum Gasteiger partial charge on any atom is 0.00863 e. The maximum atomic E-state index is 4.99. The summed E-state index contributed by atoms with van der Waals surface area (Å²) in [7, 11) is 0. The molecule has 0 atom stereocenters. The molecule has 0 spiro atoms. The Morgan fingerprint density at radius 1 is 1.43 bits per heavy atom. The molecular formula is C6H9S. The van der Waals surface area contributed by atoms with Crippen LogP contribution in [0.2, 0.25) is 0 Å². The fraction of sp³-hybridized carbons (Fsp3) is 0.667. The van der Waals surface area contributed by atoms with Gasteiger partial charge in [0.2, 0.25) is 0 Å². The van der Waals surface area contributed by atoms with E-state index in [-0.39, 0.29) is 0 Å². The monoisotopic (exact) mass is 113 g/mol. The standard InChI is InChI=1S/C6H9S/c1-2-3-4-5-6-7/h1H,3-6H2. The second-order valence-corrected chi connectivity index (χ2v) is 1.77. The molecule has 0 fully saturated rings. The van der Waals surface area contributed by atoms with Crippen molar-refractivity contribution >= 4 is 12.6 Å². The quantitative estimate of drug-likeness (QED) is 0.388. The summed E-state index contributed by atoms with van der Waals surface area (Å²) in [6.45, 7) is 0. The smallest absolute Gasteiger partial charge is 0.00863 e. The van der Waals surface area contributed by atoms with Crippen LogP contribution in [-0.4, -0.2) is 5.75 Å². The molecule has 0 aliphatic carbocycles. The molecule has 1 radical (unpaired) electrons. The van der Waals surface area contributed by atoms with Crippen LogP contribution in [0.3, 0.4) is 0 Å². The van der Waals surface area contributed by atoms with Gasteiger partial charge in [-0.05, 0) is 12.8 Å². The summed E-state index contributed by atoms with van der Waals surface area (Å²) in [6, 6.07) is 0. The zero-order chi connectivity index (χ0) is 5.54. The van der Waals surface area contributed by atoms with Gasteiger partial charge in [-0.25, -0.2) is 0 Å². The third-order valence-electron chi connectivity index (χ3n) is 0.715. The average Bonchev–Trinajstić information content (AvgIpc) is 1.69. The molecule has 0 N–H and O–H groups in total. The summed E-state index contributed by atoms with van der Waals surface area (Å²) in [4.78, 5) is 0. The van der Waals surface area contributed by atoms with Gasteiger partial charge in [0.25, 0.3) is 0 Å². The molecule has 1 heteroatoms. The minimum absolute atomic E-state index is 0.849. The molecule has 7 heavy (non-hydrogen) atoms. The van der Waals surface area contributed by atoms with Crippen LogP contribution in [0.5, 0.6) is 0 Å². The number of terminal acetylenes is 1.